The van der Waals surface area contributed by atoms with Crippen molar-refractivity contribution in [2.45, 2.75) is 13.0 Å². The van der Waals surface area contributed by atoms with E-state index >= 15 is 0 Å². The fourth-order valence-electron chi connectivity index (χ4n) is 3.52. The third kappa shape index (κ3) is 3.35. The third-order valence-electron chi connectivity index (χ3n) is 4.98. The predicted octanol–water partition coefficient (Wildman–Crippen LogP) is 4.67. The van der Waals surface area contributed by atoms with Gasteiger partial charge < -0.3 is 10.3 Å². The van der Waals surface area contributed by atoms with Crippen LogP contribution >= 0.6 is 23.2 Å². The summed E-state index contributed by atoms with van der Waals surface area (Å²) in [7, 11) is 0. The Labute approximate surface area is 190 Å². The Morgan fingerprint density at radius 2 is 2.00 bits per heavy atom. The lowest BCUT2D eigenvalue weighted by atomic mass is 10.2. The monoisotopic (exact) mass is 469 g/mol. The Morgan fingerprint density at radius 1 is 1.16 bits per heavy atom. The molecule has 0 saturated carbocycles. The van der Waals surface area contributed by atoms with Gasteiger partial charge in [0.15, 0.2) is 11.5 Å². The van der Waals surface area contributed by atoms with Gasteiger partial charge in [-0.1, -0.05) is 29.3 Å². The highest BCUT2D eigenvalue weighted by molar-refractivity contribution is 6.35. The van der Waals surface area contributed by atoms with Crippen molar-refractivity contribution in [2.75, 3.05) is 5.32 Å². The van der Waals surface area contributed by atoms with Gasteiger partial charge in [-0.2, -0.15) is 0 Å². The van der Waals surface area contributed by atoms with Crippen LogP contribution in [0.1, 0.15) is 18.8 Å². The molecule has 160 valence electrons. The smallest absolute Gasteiger partial charge is 0.267 e. The largest absolute Gasteiger partial charge is 0.358 e. The lowest BCUT2D eigenvalue weighted by Gasteiger charge is -2.20. The molecule has 32 heavy (non-hydrogen) atoms. The van der Waals surface area contributed by atoms with E-state index < -0.39 is 17.4 Å². The van der Waals surface area contributed by atoms with E-state index in [0.717, 1.165) is 0 Å². The molecule has 1 atom stereocenters. The van der Waals surface area contributed by atoms with Gasteiger partial charge in [0, 0.05) is 5.02 Å². The number of fused-ring (bicyclic) bond motifs is 2. The summed E-state index contributed by atoms with van der Waals surface area (Å²) < 4.78 is 15.5. The average molecular weight is 470 g/mol. The van der Waals surface area contributed by atoms with Gasteiger partial charge in [-0.05, 0) is 37.3 Å². The minimum atomic E-state index is -0.698. The number of benzene rings is 2. The summed E-state index contributed by atoms with van der Waals surface area (Å²) in [5.74, 6) is 0.124. The number of rotatable bonds is 4. The molecule has 0 aliphatic carbocycles. The second-order valence-electron chi connectivity index (χ2n) is 7.03. The van der Waals surface area contributed by atoms with Crippen molar-refractivity contribution in [3.8, 4) is 5.69 Å². The fourth-order valence-corrected chi connectivity index (χ4v) is 3.95. The summed E-state index contributed by atoms with van der Waals surface area (Å²) >= 11 is 12.3. The van der Waals surface area contributed by atoms with Crippen LogP contribution in [0.25, 0.3) is 27.8 Å². The first-order valence-electron chi connectivity index (χ1n) is 9.51. The van der Waals surface area contributed by atoms with E-state index in [1.165, 1.54) is 29.4 Å². The van der Waals surface area contributed by atoms with E-state index in [4.69, 9.17) is 23.2 Å². The number of imidazole rings is 1. The lowest BCUT2D eigenvalue weighted by Crippen LogP contribution is -2.27. The SMILES string of the molecule is CC(Nc1ncnc2[nH]cnc12)c1nc2ccc(F)c(Cl)c2c(=O)n1-c1cccc(Cl)c1. The quantitative estimate of drug-likeness (QED) is 0.396. The van der Waals surface area contributed by atoms with Crippen LogP contribution in [0.3, 0.4) is 0 Å². The fraction of sp³-hybridized carbons (Fsp3) is 0.0952. The Hall–Kier alpha value is -3.56. The third-order valence-corrected chi connectivity index (χ3v) is 5.58. The molecular formula is C21H14Cl2FN7O. The normalized spacial score (nSPS) is 12.4. The number of nitrogens with zero attached hydrogens (tertiary/aromatic N) is 5. The molecule has 0 spiro atoms. The van der Waals surface area contributed by atoms with Crippen LogP contribution in [0.2, 0.25) is 10.0 Å². The Bertz CT molecular complexity index is 1550. The summed E-state index contributed by atoms with van der Waals surface area (Å²) in [6, 6.07) is 8.82. The molecule has 8 nitrogen and oxygen atoms in total. The van der Waals surface area contributed by atoms with E-state index in [0.29, 0.717) is 33.5 Å². The van der Waals surface area contributed by atoms with Crippen LogP contribution in [-0.2, 0) is 0 Å². The molecular weight excluding hydrogens is 456 g/mol. The van der Waals surface area contributed by atoms with Gasteiger partial charge in [-0.15, -0.1) is 0 Å². The number of anilines is 1. The molecule has 0 radical (unpaired) electrons. The second kappa shape index (κ2) is 7.85. The van der Waals surface area contributed by atoms with Crippen molar-refractivity contribution >= 4 is 51.1 Å². The van der Waals surface area contributed by atoms with Crippen LogP contribution in [0.5, 0.6) is 0 Å². The number of hydrogen-bond acceptors (Lipinski definition) is 6. The molecule has 0 saturated heterocycles. The van der Waals surface area contributed by atoms with Crippen LogP contribution in [0, 0.1) is 5.82 Å². The molecule has 0 bridgehead atoms. The second-order valence-corrected chi connectivity index (χ2v) is 7.85. The lowest BCUT2D eigenvalue weighted by molar-refractivity contribution is 0.629. The Kier molecular flexibility index (Phi) is 4.99. The first-order valence-corrected chi connectivity index (χ1v) is 10.3. The summed E-state index contributed by atoms with van der Waals surface area (Å²) in [5, 5.41) is 3.37. The molecule has 0 aliphatic rings. The van der Waals surface area contributed by atoms with Crippen molar-refractivity contribution in [3.05, 3.63) is 81.1 Å². The number of halogens is 3. The standard InChI is InChI=1S/C21H14Cl2FN7O/c1-10(29-19-17-18(26-8-25-17)27-9-28-19)20-30-14-6-5-13(24)16(23)15(14)21(32)31(20)12-4-2-3-11(22)7-12/h2-10H,1H3,(H2,25,26,27,28,29). The minimum Gasteiger partial charge on any atom is -0.358 e. The molecule has 3 aromatic heterocycles. The number of nitrogens with one attached hydrogen (secondary N) is 2. The van der Waals surface area contributed by atoms with Gasteiger partial charge in [0.2, 0.25) is 0 Å². The molecule has 0 amide bonds. The van der Waals surface area contributed by atoms with Gasteiger partial charge >= 0.3 is 0 Å². The first kappa shape index (κ1) is 20.3. The van der Waals surface area contributed by atoms with E-state index in [2.05, 4.69) is 30.2 Å². The van der Waals surface area contributed by atoms with Crippen LogP contribution in [-0.4, -0.2) is 29.5 Å². The summed E-state index contributed by atoms with van der Waals surface area (Å²) in [6.45, 7) is 1.82. The van der Waals surface area contributed by atoms with Crippen LogP contribution < -0.4 is 10.9 Å². The van der Waals surface area contributed by atoms with E-state index in [1.807, 2.05) is 6.92 Å². The van der Waals surface area contributed by atoms with Crippen molar-refractivity contribution < 1.29 is 4.39 Å². The molecule has 11 heteroatoms. The topological polar surface area (TPSA) is 101 Å². The van der Waals surface area contributed by atoms with Crippen molar-refractivity contribution in [3.63, 3.8) is 0 Å². The number of hydrogen-bond donors (Lipinski definition) is 2. The van der Waals surface area contributed by atoms with Crippen molar-refractivity contribution in [1.82, 2.24) is 29.5 Å². The average Bonchev–Trinajstić information content (AvgIpc) is 3.26. The Morgan fingerprint density at radius 3 is 2.81 bits per heavy atom. The summed E-state index contributed by atoms with van der Waals surface area (Å²) in [6.07, 6.45) is 2.91. The molecule has 1 unspecified atom stereocenters. The molecule has 0 aliphatic heterocycles. The minimum absolute atomic E-state index is 0.0145. The highest BCUT2D eigenvalue weighted by Crippen LogP contribution is 2.27. The number of aromatic amines is 1. The Balaban J connectivity index is 1.74. The van der Waals surface area contributed by atoms with Crippen LogP contribution in [0.15, 0.2) is 53.8 Å². The van der Waals surface area contributed by atoms with E-state index in [-0.39, 0.29) is 15.9 Å². The van der Waals surface area contributed by atoms with Gasteiger partial charge in [0.25, 0.3) is 5.56 Å². The molecule has 0 fully saturated rings. The molecule has 2 aromatic carbocycles. The van der Waals surface area contributed by atoms with Crippen molar-refractivity contribution in [2.24, 2.45) is 0 Å². The first-order chi connectivity index (χ1) is 15.4. The maximum atomic E-state index is 14.1. The molecule has 2 N–H and O–H groups in total. The van der Waals surface area contributed by atoms with Gasteiger partial charge in [-0.3, -0.25) is 9.36 Å². The number of aromatic nitrogens is 6. The zero-order valence-corrected chi connectivity index (χ0v) is 18.0. The van der Waals surface area contributed by atoms with Crippen molar-refractivity contribution in [1.29, 1.82) is 0 Å². The van der Waals surface area contributed by atoms with Gasteiger partial charge in [-0.25, -0.2) is 24.3 Å². The predicted molar refractivity (Wildman–Crippen MR) is 121 cm³/mol. The maximum Gasteiger partial charge on any atom is 0.267 e. The molecule has 5 aromatic rings. The number of H-pyrrole nitrogens is 1. The highest BCUT2D eigenvalue weighted by atomic mass is 35.5. The van der Waals surface area contributed by atoms with E-state index in [1.54, 1.807) is 24.3 Å². The summed E-state index contributed by atoms with van der Waals surface area (Å²) in [4.78, 5) is 33.7. The van der Waals surface area contributed by atoms with E-state index in [9.17, 15) is 9.18 Å². The zero-order valence-electron chi connectivity index (χ0n) is 16.5. The summed E-state index contributed by atoms with van der Waals surface area (Å²) in [5.41, 5.74) is 1.33. The van der Waals surface area contributed by atoms with Crippen LogP contribution in [0.4, 0.5) is 10.2 Å². The van der Waals surface area contributed by atoms with Gasteiger partial charge in [0.1, 0.15) is 23.5 Å². The van der Waals surface area contributed by atoms with Gasteiger partial charge in [0.05, 0.1) is 34.0 Å². The maximum absolute atomic E-state index is 14.1. The molecule has 3 heterocycles. The highest BCUT2D eigenvalue weighted by Gasteiger charge is 2.22. The molecule has 5 rings (SSSR count). The zero-order chi connectivity index (χ0) is 22.4.